The van der Waals surface area contributed by atoms with Crippen molar-refractivity contribution in [3.8, 4) is 0 Å². The average Bonchev–Trinajstić information content (AvgIpc) is 3.18. The fraction of sp³-hybridized carbons (Fsp3) is 0.419. The molecule has 4 rings (SSSR count). The summed E-state index contributed by atoms with van der Waals surface area (Å²) < 4.78 is 5.49. The Hall–Kier alpha value is -5.33. The van der Waals surface area contributed by atoms with Crippen LogP contribution >= 0.6 is 0 Å². The summed E-state index contributed by atoms with van der Waals surface area (Å²) in [7, 11) is 0. The number of nitrogens with zero attached hydrogens (tertiary/aromatic N) is 1. The second kappa shape index (κ2) is 21.5. The second-order valence-corrected chi connectivity index (χ2v) is 14.4. The van der Waals surface area contributed by atoms with Crippen LogP contribution in [0.1, 0.15) is 63.8 Å². The van der Waals surface area contributed by atoms with Gasteiger partial charge in [0.1, 0.15) is 18.7 Å². The molecule has 0 aliphatic rings. The van der Waals surface area contributed by atoms with Crippen molar-refractivity contribution in [2.24, 2.45) is 11.8 Å². The highest BCUT2D eigenvalue weighted by Crippen LogP contribution is 2.20. The van der Waals surface area contributed by atoms with Crippen LogP contribution in [0.15, 0.2) is 97.2 Å². The third-order valence-electron chi connectivity index (χ3n) is 9.68. The van der Waals surface area contributed by atoms with Crippen LogP contribution in [0.2, 0.25) is 0 Å². The van der Waals surface area contributed by atoms with Crippen LogP contribution in [-0.4, -0.2) is 75.9 Å². The van der Waals surface area contributed by atoms with E-state index >= 15 is 0 Å². The first-order valence-electron chi connectivity index (χ1n) is 19.0. The van der Waals surface area contributed by atoms with Gasteiger partial charge < -0.3 is 36.2 Å². The zero-order valence-corrected chi connectivity index (χ0v) is 32.1. The van der Waals surface area contributed by atoms with E-state index in [2.05, 4.69) is 26.3 Å². The summed E-state index contributed by atoms with van der Waals surface area (Å²) in [4.78, 5) is 58.9. The van der Waals surface area contributed by atoms with Gasteiger partial charge in [0.15, 0.2) is 0 Å². The van der Waals surface area contributed by atoms with Crippen molar-refractivity contribution in [1.29, 1.82) is 0 Å². The predicted octanol–water partition coefficient (Wildman–Crippen LogP) is 4.60. The number of hydrogen-bond donors (Lipinski definition) is 6. The van der Waals surface area contributed by atoms with Gasteiger partial charge in [0.2, 0.25) is 17.7 Å². The average molecular weight is 754 g/mol. The molecule has 0 spiro atoms. The first-order valence-corrected chi connectivity index (χ1v) is 19.0. The SMILES string of the molecule is CCC(C)[C@@H](CO)NC(=O)CC(O)C(CC(C)C)NC(=O)[C@H](Cc1ccccn1)NC(=O)[C@H](Cc1cccc2ccccc12)NC(=O)OCc1ccccc1. The number of rotatable bonds is 20. The molecule has 12 heteroatoms. The second-order valence-electron chi connectivity index (χ2n) is 14.4. The molecule has 3 unspecified atom stereocenters. The zero-order valence-electron chi connectivity index (χ0n) is 32.1. The van der Waals surface area contributed by atoms with Gasteiger partial charge in [-0.2, -0.15) is 0 Å². The molecule has 294 valence electrons. The smallest absolute Gasteiger partial charge is 0.408 e. The van der Waals surface area contributed by atoms with Crippen molar-refractivity contribution in [3.05, 3.63) is 114 Å². The van der Waals surface area contributed by atoms with Gasteiger partial charge in [0.25, 0.3) is 0 Å². The highest BCUT2D eigenvalue weighted by Gasteiger charge is 2.32. The number of alkyl carbamates (subject to hydrolysis) is 1. The minimum absolute atomic E-state index is 0.00410. The maximum absolute atomic E-state index is 14.2. The molecule has 0 aliphatic heterocycles. The summed E-state index contributed by atoms with van der Waals surface area (Å²) in [5.41, 5.74) is 2.12. The van der Waals surface area contributed by atoms with Crippen LogP contribution in [0, 0.1) is 11.8 Å². The largest absolute Gasteiger partial charge is 0.445 e. The Morgan fingerprint density at radius 1 is 0.745 bits per heavy atom. The Morgan fingerprint density at radius 3 is 2.11 bits per heavy atom. The van der Waals surface area contributed by atoms with E-state index in [1.54, 1.807) is 24.4 Å². The Morgan fingerprint density at radius 2 is 1.42 bits per heavy atom. The van der Waals surface area contributed by atoms with Crippen molar-refractivity contribution < 1.29 is 34.1 Å². The van der Waals surface area contributed by atoms with Crippen LogP contribution in [0.4, 0.5) is 4.79 Å². The van der Waals surface area contributed by atoms with E-state index in [0.29, 0.717) is 12.1 Å². The Bertz CT molecular complexity index is 1820. The van der Waals surface area contributed by atoms with Gasteiger partial charge in [-0.1, -0.05) is 113 Å². The number of benzene rings is 3. The number of carbonyl (C=O) groups is 4. The fourth-order valence-electron chi connectivity index (χ4n) is 6.37. The molecule has 6 atom stereocenters. The van der Waals surface area contributed by atoms with Gasteiger partial charge in [0, 0.05) is 24.7 Å². The number of fused-ring (bicyclic) bond motifs is 1. The quantitative estimate of drug-likeness (QED) is 0.0758. The molecular formula is C43H55N5O7. The minimum atomic E-state index is -1.26. The molecule has 4 amide bonds. The summed E-state index contributed by atoms with van der Waals surface area (Å²) in [6, 6.07) is 24.3. The highest BCUT2D eigenvalue weighted by molar-refractivity contribution is 5.93. The number of aliphatic hydroxyl groups is 2. The lowest BCUT2D eigenvalue weighted by Gasteiger charge is -2.29. The summed E-state index contributed by atoms with van der Waals surface area (Å²) in [5, 5.41) is 34.2. The molecule has 55 heavy (non-hydrogen) atoms. The standard InChI is InChI=1S/C43H55N5O7/c1-5-29(4)38(26-49)45-40(51)25-39(50)35(22-28(2)3)46-42(53)37(24-33-19-11-12-21-44-33)47-41(52)36(48-43(54)55-27-30-14-7-6-8-15-30)23-32-18-13-17-31-16-9-10-20-34(31)32/h6-21,28-29,35-39,49-50H,5,22-27H2,1-4H3,(H,45,51)(H,46,53)(H,47,52)(H,48,54)/t29?,35?,36-,37-,38+,39?/m0/s1. The van der Waals surface area contributed by atoms with Gasteiger partial charge in [-0.3, -0.25) is 19.4 Å². The molecule has 1 heterocycles. The van der Waals surface area contributed by atoms with Gasteiger partial charge >= 0.3 is 6.09 Å². The Balaban J connectivity index is 1.57. The lowest BCUT2D eigenvalue weighted by Crippen LogP contribution is -2.57. The maximum atomic E-state index is 14.2. The lowest BCUT2D eigenvalue weighted by atomic mass is 9.95. The zero-order chi connectivity index (χ0) is 39.7. The number of hydrogen-bond acceptors (Lipinski definition) is 8. The fourth-order valence-corrected chi connectivity index (χ4v) is 6.37. The molecule has 12 nitrogen and oxygen atoms in total. The molecule has 0 fully saturated rings. The summed E-state index contributed by atoms with van der Waals surface area (Å²) in [5.74, 6) is -1.60. The van der Waals surface area contributed by atoms with Crippen LogP contribution in [-0.2, 0) is 38.6 Å². The van der Waals surface area contributed by atoms with Crippen molar-refractivity contribution in [3.63, 3.8) is 0 Å². The molecular weight excluding hydrogens is 699 g/mol. The van der Waals surface area contributed by atoms with Crippen molar-refractivity contribution in [2.45, 2.75) is 96.7 Å². The van der Waals surface area contributed by atoms with Crippen LogP contribution in [0.3, 0.4) is 0 Å². The topological polar surface area (TPSA) is 179 Å². The molecule has 0 bridgehead atoms. The first kappa shape index (κ1) is 42.4. The van der Waals surface area contributed by atoms with Gasteiger partial charge in [-0.25, -0.2) is 4.79 Å². The third-order valence-corrected chi connectivity index (χ3v) is 9.68. The van der Waals surface area contributed by atoms with Crippen molar-refractivity contribution in [2.75, 3.05) is 6.61 Å². The van der Waals surface area contributed by atoms with E-state index in [1.165, 1.54) is 0 Å². The maximum Gasteiger partial charge on any atom is 0.408 e. The number of aliphatic hydroxyl groups excluding tert-OH is 2. The number of pyridine rings is 1. The monoisotopic (exact) mass is 753 g/mol. The van der Waals surface area contributed by atoms with Crippen molar-refractivity contribution in [1.82, 2.24) is 26.3 Å². The van der Waals surface area contributed by atoms with E-state index in [-0.39, 0.29) is 44.3 Å². The summed E-state index contributed by atoms with van der Waals surface area (Å²) in [6.07, 6.45) is 0.428. The van der Waals surface area contributed by atoms with Gasteiger partial charge in [-0.05, 0) is 52.3 Å². The van der Waals surface area contributed by atoms with Crippen molar-refractivity contribution >= 4 is 34.6 Å². The Kier molecular flexibility index (Phi) is 16.6. The predicted molar refractivity (Wildman–Crippen MR) is 212 cm³/mol. The van der Waals surface area contributed by atoms with E-state index < -0.39 is 54.1 Å². The van der Waals surface area contributed by atoms with E-state index in [4.69, 9.17) is 4.74 Å². The van der Waals surface area contributed by atoms with Gasteiger partial charge in [0.05, 0.1) is 31.2 Å². The van der Waals surface area contributed by atoms with Crippen LogP contribution in [0.25, 0.3) is 10.8 Å². The first-order chi connectivity index (χ1) is 26.5. The van der Waals surface area contributed by atoms with E-state index in [9.17, 15) is 29.4 Å². The number of nitrogens with one attached hydrogen (secondary N) is 4. The minimum Gasteiger partial charge on any atom is -0.445 e. The number of aromatic nitrogens is 1. The third kappa shape index (κ3) is 13.5. The lowest BCUT2D eigenvalue weighted by molar-refractivity contribution is -0.131. The molecule has 3 aromatic carbocycles. The highest BCUT2D eigenvalue weighted by atomic mass is 16.5. The van der Waals surface area contributed by atoms with E-state index in [0.717, 1.165) is 28.3 Å². The molecule has 0 aliphatic carbocycles. The summed E-state index contributed by atoms with van der Waals surface area (Å²) in [6.45, 7) is 7.51. The molecule has 0 radical (unpaired) electrons. The normalized spacial score (nSPS) is 14.5. The van der Waals surface area contributed by atoms with Gasteiger partial charge in [-0.15, -0.1) is 0 Å². The molecule has 6 N–H and O–H groups in total. The van der Waals surface area contributed by atoms with Crippen LogP contribution in [0.5, 0.6) is 0 Å². The molecule has 4 aromatic rings. The Labute approximate surface area is 323 Å². The van der Waals surface area contributed by atoms with E-state index in [1.807, 2.05) is 100 Å². The number of carbonyl (C=O) groups excluding carboxylic acids is 4. The molecule has 0 saturated carbocycles. The number of ether oxygens (including phenoxy) is 1. The summed E-state index contributed by atoms with van der Waals surface area (Å²) >= 11 is 0. The van der Waals surface area contributed by atoms with Crippen LogP contribution < -0.4 is 21.3 Å². The molecule has 1 aromatic heterocycles. The molecule has 0 saturated heterocycles. The number of amides is 4.